The first-order valence-corrected chi connectivity index (χ1v) is 9.09. The van der Waals surface area contributed by atoms with Crippen molar-refractivity contribution >= 4 is 29.2 Å². The van der Waals surface area contributed by atoms with Crippen LogP contribution < -0.4 is 5.32 Å². The van der Waals surface area contributed by atoms with Crippen molar-refractivity contribution < 1.29 is 9.59 Å². The van der Waals surface area contributed by atoms with Crippen LogP contribution in [-0.4, -0.2) is 52.9 Å². The molecule has 1 fully saturated rings. The highest BCUT2D eigenvalue weighted by Gasteiger charge is 2.24. The highest BCUT2D eigenvalue weighted by Crippen LogP contribution is 2.17. The first kappa shape index (κ1) is 18.3. The molecule has 1 aliphatic rings. The molecule has 1 aromatic carbocycles. The van der Waals surface area contributed by atoms with Crippen molar-refractivity contribution in [1.29, 1.82) is 0 Å². The van der Waals surface area contributed by atoms with E-state index in [9.17, 15) is 9.59 Å². The van der Waals surface area contributed by atoms with E-state index in [2.05, 4.69) is 10.3 Å². The van der Waals surface area contributed by atoms with Crippen LogP contribution in [-0.2, 0) is 0 Å². The van der Waals surface area contributed by atoms with Gasteiger partial charge in [0, 0.05) is 48.3 Å². The Morgan fingerprint density at radius 1 is 1.08 bits per heavy atom. The van der Waals surface area contributed by atoms with Crippen molar-refractivity contribution in [2.75, 3.05) is 31.5 Å². The molecule has 1 aliphatic heterocycles. The molecule has 1 aromatic heterocycles. The van der Waals surface area contributed by atoms with Crippen LogP contribution in [0.1, 0.15) is 28.2 Å². The lowest BCUT2D eigenvalue weighted by atomic mass is 10.2. The number of aryl methyl sites for hydroxylation is 2. The number of hydrogen-bond donors (Lipinski definition) is 2. The van der Waals surface area contributed by atoms with E-state index in [0.29, 0.717) is 42.5 Å². The summed E-state index contributed by atoms with van der Waals surface area (Å²) in [6, 6.07) is 8.78. The van der Waals surface area contributed by atoms with Gasteiger partial charge in [-0.15, -0.1) is 0 Å². The number of carbonyl (C=O) groups is 2. The molecule has 0 aliphatic carbocycles. The number of nitrogens with one attached hydrogen (secondary N) is 2. The van der Waals surface area contributed by atoms with Gasteiger partial charge in [0.05, 0.1) is 5.56 Å². The smallest absolute Gasteiger partial charge is 0.321 e. The van der Waals surface area contributed by atoms with Crippen LogP contribution in [0.2, 0.25) is 5.02 Å². The Labute approximate surface area is 158 Å². The van der Waals surface area contributed by atoms with Crippen LogP contribution in [0.5, 0.6) is 0 Å². The van der Waals surface area contributed by atoms with Crippen molar-refractivity contribution in [3.63, 3.8) is 0 Å². The minimum Gasteiger partial charge on any atom is -0.362 e. The first-order valence-electron chi connectivity index (χ1n) is 8.71. The zero-order chi connectivity index (χ0) is 18.7. The monoisotopic (exact) mass is 374 g/mol. The third kappa shape index (κ3) is 4.19. The summed E-state index contributed by atoms with van der Waals surface area (Å²) < 4.78 is 0. The molecule has 2 aromatic rings. The van der Waals surface area contributed by atoms with E-state index in [1.165, 1.54) is 0 Å². The molecule has 0 spiro atoms. The van der Waals surface area contributed by atoms with Crippen LogP contribution in [0.15, 0.2) is 30.3 Å². The van der Waals surface area contributed by atoms with Gasteiger partial charge in [0.25, 0.3) is 5.91 Å². The molecule has 0 saturated carbocycles. The fourth-order valence-electron chi connectivity index (χ4n) is 3.21. The second kappa shape index (κ2) is 7.83. The van der Waals surface area contributed by atoms with Crippen LogP contribution >= 0.6 is 11.6 Å². The molecule has 0 radical (unpaired) electrons. The van der Waals surface area contributed by atoms with Crippen molar-refractivity contribution in [1.82, 2.24) is 14.8 Å². The fraction of sp³-hybridized carbons (Fsp3) is 0.368. The lowest BCUT2D eigenvalue weighted by molar-refractivity contribution is 0.0762. The maximum atomic E-state index is 12.8. The van der Waals surface area contributed by atoms with Gasteiger partial charge >= 0.3 is 6.03 Å². The Kier molecular flexibility index (Phi) is 5.52. The number of urea groups is 1. The molecule has 0 atom stereocenters. The highest BCUT2D eigenvalue weighted by atomic mass is 35.5. The predicted octanol–water partition coefficient (Wildman–Crippen LogP) is 3.66. The van der Waals surface area contributed by atoms with Gasteiger partial charge in [-0.3, -0.25) is 4.79 Å². The topological polar surface area (TPSA) is 68.4 Å². The molecule has 3 amide bonds. The van der Waals surface area contributed by atoms with Crippen molar-refractivity contribution in [3.05, 3.63) is 52.3 Å². The normalized spacial score (nSPS) is 14.9. The van der Waals surface area contributed by atoms with Gasteiger partial charge in [0.15, 0.2) is 0 Å². The van der Waals surface area contributed by atoms with E-state index in [4.69, 9.17) is 11.6 Å². The number of benzene rings is 1. The summed E-state index contributed by atoms with van der Waals surface area (Å²) >= 11 is 5.96. The number of nitrogens with zero attached hydrogens (tertiary/aromatic N) is 2. The van der Waals surface area contributed by atoms with Crippen LogP contribution in [0, 0.1) is 13.8 Å². The van der Waals surface area contributed by atoms with E-state index in [-0.39, 0.29) is 11.9 Å². The third-order valence-electron chi connectivity index (χ3n) is 4.53. The van der Waals surface area contributed by atoms with Gasteiger partial charge in [-0.05, 0) is 44.5 Å². The van der Waals surface area contributed by atoms with Crippen molar-refractivity contribution in [2.24, 2.45) is 0 Å². The number of halogens is 1. The Bertz CT molecular complexity index is 818. The zero-order valence-corrected chi connectivity index (χ0v) is 15.8. The molecule has 2 heterocycles. The van der Waals surface area contributed by atoms with Crippen molar-refractivity contribution in [2.45, 2.75) is 20.3 Å². The summed E-state index contributed by atoms with van der Waals surface area (Å²) in [6.45, 7) is 6.12. The quantitative estimate of drug-likeness (QED) is 0.842. The Balaban J connectivity index is 1.61. The number of anilines is 1. The fourth-order valence-corrected chi connectivity index (χ4v) is 3.40. The summed E-state index contributed by atoms with van der Waals surface area (Å²) in [6.07, 6.45) is 0.747. The summed E-state index contributed by atoms with van der Waals surface area (Å²) in [5.41, 5.74) is 3.23. The van der Waals surface area contributed by atoms with E-state index in [1.807, 2.05) is 24.8 Å². The van der Waals surface area contributed by atoms with Gasteiger partial charge < -0.3 is 20.1 Å². The van der Waals surface area contributed by atoms with E-state index >= 15 is 0 Å². The van der Waals surface area contributed by atoms with Gasteiger partial charge in [0.2, 0.25) is 0 Å². The number of hydrogen-bond acceptors (Lipinski definition) is 2. The number of H-pyrrole nitrogens is 1. The molecule has 6 nitrogen and oxygen atoms in total. The Hall–Kier alpha value is -2.47. The second-order valence-corrected chi connectivity index (χ2v) is 7.00. The highest BCUT2D eigenvalue weighted by molar-refractivity contribution is 6.30. The predicted molar refractivity (Wildman–Crippen MR) is 103 cm³/mol. The van der Waals surface area contributed by atoms with Crippen LogP contribution in [0.4, 0.5) is 10.5 Å². The Morgan fingerprint density at radius 3 is 2.50 bits per heavy atom. The summed E-state index contributed by atoms with van der Waals surface area (Å²) in [4.78, 5) is 32.0. The number of aromatic amines is 1. The minimum absolute atomic E-state index is 0.0175. The number of carbonyl (C=O) groups excluding carboxylic acids is 2. The zero-order valence-electron chi connectivity index (χ0n) is 15.0. The molecular formula is C19H23ClN4O2. The molecular weight excluding hydrogens is 352 g/mol. The van der Waals surface area contributed by atoms with Crippen molar-refractivity contribution in [3.8, 4) is 0 Å². The summed E-state index contributed by atoms with van der Waals surface area (Å²) in [5.74, 6) is 0.0175. The maximum Gasteiger partial charge on any atom is 0.321 e. The molecule has 7 heteroatoms. The standard InChI is InChI=1S/C19H23ClN4O2/c1-13-11-17(14(2)21-13)18(25)23-7-4-8-24(10-9-23)19(26)22-16-6-3-5-15(20)12-16/h3,5-6,11-12,21H,4,7-10H2,1-2H3,(H,22,26). The second-order valence-electron chi connectivity index (χ2n) is 6.56. The molecule has 138 valence electrons. The average Bonchev–Trinajstić information content (AvgIpc) is 2.80. The van der Waals surface area contributed by atoms with Gasteiger partial charge in [-0.1, -0.05) is 17.7 Å². The third-order valence-corrected chi connectivity index (χ3v) is 4.76. The van der Waals surface area contributed by atoms with Gasteiger partial charge in [-0.2, -0.15) is 0 Å². The SMILES string of the molecule is Cc1cc(C(=O)N2CCCN(C(=O)Nc3cccc(Cl)c3)CC2)c(C)[nH]1. The summed E-state index contributed by atoms with van der Waals surface area (Å²) in [5, 5.41) is 3.44. The van der Waals surface area contributed by atoms with Crippen LogP contribution in [0.3, 0.4) is 0 Å². The van der Waals surface area contributed by atoms with E-state index in [1.54, 1.807) is 29.2 Å². The average molecular weight is 375 g/mol. The molecule has 0 unspecified atom stereocenters. The first-order chi connectivity index (χ1) is 12.4. The largest absolute Gasteiger partial charge is 0.362 e. The lowest BCUT2D eigenvalue weighted by Crippen LogP contribution is -2.39. The van der Waals surface area contributed by atoms with E-state index in [0.717, 1.165) is 17.8 Å². The molecule has 2 N–H and O–H groups in total. The lowest BCUT2D eigenvalue weighted by Gasteiger charge is -2.22. The molecule has 26 heavy (non-hydrogen) atoms. The summed E-state index contributed by atoms with van der Waals surface area (Å²) in [7, 11) is 0. The number of rotatable bonds is 2. The number of amides is 3. The van der Waals surface area contributed by atoms with Crippen LogP contribution in [0.25, 0.3) is 0 Å². The molecule has 1 saturated heterocycles. The minimum atomic E-state index is -0.171. The number of aromatic nitrogens is 1. The van der Waals surface area contributed by atoms with Gasteiger partial charge in [-0.25, -0.2) is 4.79 Å². The molecule has 3 rings (SSSR count). The Morgan fingerprint density at radius 2 is 1.81 bits per heavy atom. The molecule has 0 bridgehead atoms. The van der Waals surface area contributed by atoms with E-state index < -0.39 is 0 Å². The van der Waals surface area contributed by atoms with Gasteiger partial charge in [0.1, 0.15) is 0 Å². The maximum absolute atomic E-state index is 12.8.